The van der Waals surface area contributed by atoms with Gasteiger partial charge in [0.1, 0.15) is 0 Å². The van der Waals surface area contributed by atoms with Gasteiger partial charge in [-0.1, -0.05) is 18.2 Å². The fraction of sp³-hybridized carbons (Fsp3) is 0.357. The lowest BCUT2D eigenvalue weighted by Crippen LogP contribution is -2.35. The Labute approximate surface area is 116 Å². The molecular formula is C14H17F3N2O. The third kappa shape index (κ3) is 5.05. The molecule has 20 heavy (non-hydrogen) atoms. The highest BCUT2D eigenvalue weighted by molar-refractivity contribution is 5.77. The molecule has 3 nitrogen and oxygen atoms in total. The maximum atomic E-state index is 12.4. The topological polar surface area (TPSA) is 32.3 Å². The Bertz CT molecular complexity index is 454. The smallest absolute Gasteiger partial charge is 0.340 e. The third-order valence-electron chi connectivity index (χ3n) is 2.69. The summed E-state index contributed by atoms with van der Waals surface area (Å²) >= 11 is 0. The van der Waals surface area contributed by atoms with Gasteiger partial charge in [-0.15, -0.1) is 6.58 Å². The van der Waals surface area contributed by atoms with E-state index in [4.69, 9.17) is 0 Å². The van der Waals surface area contributed by atoms with E-state index in [-0.39, 0.29) is 19.0 Å². The first kappa shape index (κ1) is 16.2. The molecule has 110 valence electrons. The fourth-order valence-corrected chi connectivity index (χ4v) is 1.58. The van der Waals surface area contributed by atoms with Gasteiger partial charge >= 0.3 is 6.18 Å². The zero-order valence-electron chi connectivity index (χ0n) is 11.2. The van der Waals surface area contributed by atoms with Gasteiger partial charge in [0.2, 0.25) is 5.91 Å². The molecule has 0 saturated heterocycles. The van der Waals surface area contributed by atoms with E-state index < -0.39 is 11.7 Å². The molecular weight excluding hydrogens is 269 g/mol. The Morgan fingerprint density at radius 2 is 1.95 bits per heavy atom. The molecule has 0 aliphatic rings. The van der Waals surface area contributed by atoms with Crippen LogP contribution < -0.4 is 5.32 Å². The van der Waals surface area contributed by atoms with E-state index in [1.807, 2.05) is 0 Å². The van der Waals surface area contributed by atoms with Crippen molar-refractivity contribution >= 4 is 5.91 Å². The second kappa shape index (κ2) is 7.09. The maximum absolute atomic E-state index is 12.4. The molecule has 0 unspecified atom stereocenters. The van der Waals surface area contributed by atoms with Crippen molar-refractivity contribution in [3.8, 4) is 0 Å². The van der Waals surface area contributed by atoms with E-state index in [2.05, 4.69) is 11.9 Å². The number of amides is 1. The van der Waals surface area contributed by atoms with Crippen LogP contribution in [0.2, 0.25) is 0 Å². The Morgan fingerprint density at radius 3 is 2.45 bits per heavy atom. The van der Waals surface area contributed by atoms with Crippen molar-refractivity contribution in [3.05, 3.63) is 48.0 Å². The average Bonchev–Trinajstić information content (AvgIpc) is 2.38. The van der Waals surface area contributed by atoms with Crippen LogP contribution in [0.1, 0.15) is 11.1 Å². The number of nitrogens with one attached hydrogen (secondary N) is 1. The van der Waals surface area contributed by atoms with Crippen molar-refractivity contribution in [1.29, 1.82) is 0 Å². The van der Waals surface area contributed by atoms with Crippen molar-refractivity contribution in [2.24, 2.45) is 0 Å². The van der Waals surface area contributed by atoms with E-state index in [9.17, 15) is 18.0 Å². The van der Waals surface area contributed by atoms with Crippen LogP contribution in [0, 0.1) is 0 Å². The summed E-state index contributed by atoms with van der Waals surface area (Å²) in [5.74, 6) is -0.133. The highest BCUT2D eigenvalue weighted by Gasteiger charge is 2.29. The van der Waals surface area contributed by atoms with Gasteiger partial charge in [0.15, 0.2) is 0 Å². The van der Waals surface area contributed by atoms with Gasteiger partial charge in [-0.05, 0) is 17.7 Å². The largest absolute Gasteiger partial charge is 0.416 e. The van der Waals surface area contributed by atoms with Gasteiger partial charge in [0, 0.05) is 20.1 Å². The second-order valence-corrected chi connectivity index (χ2v) is 4.36. The third-order valence-corrected chi connectivity index (χ3v) is 2.69. The quantitative estimate of drug-likeness (QED) is 0.643. The molecule has 1 amide bonds. The lowest BCUT2D eigenvalue weighted by atomic mass is 10.1. The summed E-state index contributed by atoms with van der Waals surface area (Å²) in [6.45, 7) is 4.49. The van der Waals surface area contributed by atoms with Gasteiger partial charge < -0.3 is 10.2 Å². The molecule has 0 aliphatic carbocycles. The zero-order chi connectivity index (χ0) is 15.2. The van der Waals surface area contributed by atoms with Crippen LogP contribution in [0.4, 0.5) is 13.2 Å². The minimum Gasteiger partial charge on any atom is -0.340 e. The van der Waals surface area contributed by atoms with Crippen LogP contribution in [0.15, 0.2) is 36.9 Å². The molecule has 6 heteroatoms. The number of halogens is 3. The number of likely N-dealkylation sites (N-methyl/N-ethyl adjacent to an activating group) is 1. The maximum Gasteiger partial charge on any atom is 0.416 e. The molecule has 0 radical (unpaired) electrons. The molecule has 1 N–H and O–H groups in total. The highest BCUT2D eigenvalue weighted by atomic mass is 19.4. The van der Waals surface area contributed by atoms with Crippen LogP contribution in [-0.4, -0.2) is 30.9 Å². The molecule has 0 saturated carbocycles. The summed E-state index contributed by atoms with van der Waals surface area (Å²) in [6, 6.07) is 4.79. The summed E-state index contributed by atoms with van der Waals surface area (Å²) in [6.07, 6.45) is -2.70. The van der Waals surface area contributed by atoms with E-state index in [0.717, 1.165) is 12.1 Å². The van der Waals surface area contributed by atoms with Crippen LogP contribution in [0.3, 0.4) is 0 Å². The lowest BCUT2D eigenvalue weighted by Gasteiger charge is -2.18. The first-order valence-corrected chi connectivity index (χ1v) is 6.06. The monoisotopic (exact) mass is 286 g/mol. The molecule has 1 aromatic rings. The van der Waals surface area contributed by atoms with Crippen LogP contribution >= 0.6 is 0 Å². The standard InChI is InChI=1S/C14H17F3N2O/c1-3-8-18-9-13(20)19(2)10-11-4-6-12(7-5-11)14(15,16)17/h3-7,18H,1,8-10H2,2H3. The fourth-order valence-electron chi connectivity index (χ4n) is 1.58. The number of hydrogen-bond acceptors (Lipinski definition) is 2. The summed E-state index contributed by atoms with van der Waals surface area (Å²) in [7, 11) is 1.61. The predicted molar refractivity (Wildman–Crippen MR) is 71.0 cm³/mol. The number of hydrogen-bond donors (Lipinski definition) is 1. The molecule has 0 atom stereocenters. The Hall–Kier alpha value is -1.82. The molecule has 1 rings (SSSR count). The Balaban J connectivity index is 2.55. The summed E-state index contributed by atoms with van der Waals surface area (Å²) < 4.78 is 37.2. The molecule has 0 heterocycles. The van der Waals surface area contributed by atoms with Crippen molar-refractivity contribution in [3.63, 3.8) is 0 Å². The number of alkyl halides is 3. The molecule has 0 bridgehead atoms. The van der Waals surface area contributed by atoms with Gasteiger partial charge in [0.25, 0.3) is 0 Å². The van der Waals surface area contributed by atoms with Gasteiger partial charge in [-0.25, -0.2) is 0 Å². The normalized spacial score (nSPS) is 11.2. The van der Waals surface area contributed by atoms with Crippen molar-refractivity contribution in [2.45, 2.75) is 12.7 Å². The minimum atomic E-state index is -4.34. The predicted octanol–water partition coefficient (Wildman–Crippen LogP) is 2.44. The molecule has 0 fully saturated rings. The van der Waals surface area contributed by atoms with Gasteiger partial charge in [0.05, 0.1) is 12.1 Å². The van der Waals surface area contributed by atoms with E-state index in [1.54, 1.807) is 13.1 Å². The van der Waals surface area contributed by atoms with E-state index in [0.29, 0.717) is 12.1 Å². The second-order valence-electron chi connectivity index (χ2n) is 4.36. The first-order chi connectivity index (χ1) is 9.34. The average molecular weight is 286 g/mol. The molecule has 0 spiro atoms. The molecule has 0 aromatic heterocycles. The van der Waals surface area contributed by atoms with Crippen molar-refractivity contribution in [2.75, 3.05) is 20.1 Å². The van der Waals surface area contributed by atoms with Crippen molar-refractivity contribution in [1.82, 2.24) is 10.2 Å². The van der Waals surface area contributed by atoms with E-state index in [1.165, 1.54) is 17.0 Å². The molecule has 0 aliphatic heterocycles. The highest BCUT2D eigenvalue weighted by Crippen LogP contribution is 2.29. The number of carbonyl (C=O) groups is 1. The first-order valence-electron chi connectivity index (χ1n) is 6.06. The van der Waals surface area contributed by atoms with E-state index >= 15 is 0 Å². The number of carbonyl (C=O) groups excluding carboxylic acids is 1. The summed E-state index contributed by atoms with van der Waals surface area (Å²) in [5, 5.41) is 2.87. The number of rotatable bonds is 6. The van der Waals surface area contributed by atoms with Crippen molar-refractivity contribution < 1.29 is 18.0 Å². The van der Waals surface area contributed by atoms with Gasteiger partial charge in [-0.2, -0.15) is 13.2 Å². The number of nitrogens with zero attached hydrogens (tertiary/aromatic N) is 1. The SMILES string of the molecule is C=CCNCC(=O)N(C)Cc1ccc(C(F)(F)F)cc1. The molecule has 1 aromatic carbocycles. The summed E-state index contributed by atoms with van der Waals surface area (Å²) in [5.41, 5.74) is -0.0413. The minimum absolute atomic E-state index is 0.133. The Morgan fingerprint density at radius 1 is 1.35 bits per heavy atom. The lowest BCUT2D eigenvalue weighted by molar-refractivity contribution is -0.137. The van der Waals surface area contributed by atoms with Crippen LogP contribution in [0.5, 0.6) is 0 Å². The summed E-state index contributed by atoms with van der Waals surface area (Å²) in [4.78, 5) is 13.2. The van der Waals surface area contributed by atoms with Gasteiger partial charge in [-0.3, -0.25) is 4.79 Å². The Kier molecular flexibility index (Phi) is 5.76. The van der Waals surface area contributed by atoms with Crippen LogP contribution in [0.25, 0.3) is 0 Å². The number of benzene rings is 1. The zero-order valence-corrected chi connectivity index (χ0v) is 11.2. The van der Waals surface area contributed by atoms with Crippen LogP contribution in [-0.2, 0) is 17.5 Å².